The number of thioether (sulfide) groups is 1. The zero-order valence-electron chi connectivity index (χ0n) is 13.8. The Hall–Kier alpha value is -2.09. The van der Waals surface area contributed by atoms with Gasteiger partial charge in [0.05, 0.1) is 0 Å². The van der Waals surface area contributed by atoms with Gasteiger partial charge in [-0.15, -0.1) is 11.8 Å². The number of sulfonamides is 1. The molecule has 0 unspecified atom stereocenters. The van der Waals surface area contributed by atoms with Gasteiger partial charge in [-0.25, -0.2) is 13.1 Å². The van der Waals surface area contributed by atoms with E-state index in [1.165, 1.54) is 6.08 Å². The Labute approximate surface area is 152 Å². The van der Waals surface area contributed by atoms with Gasteiger partial charge >= 0.3 is 0 Å². The van der Waals surface area contributed by atoms with Crippen LogP contribution in [0.15, 0.2) is 64.9 Å². The number of hydrogen-bond acceptors (Lipinski definition) is 4. The first-order valence-electron chi connectivity index (χ1n) is 7.65. The highest BCUT2D eigenvalue weighted by atomic mass is 32.2. The van der Waals surface area contributed by atoms with Gasteiger partial charge in [0.25, 0.3) is 0 Å². The molecule has 0 aliphatic carbocycles. The summed E-state index contributed by atoms with van der Waals surface area (Å²) in [5.74, 6) is -0.243. The third-order valence-corrected chi connectivity index (χ3v) is 5.07. The zero-order valence-corrected chi connectivity index (χ0v) is 15.4. The number of nitrogens with one attached hydrogen (secondary N) is 2. The molecule has 0 saturated carbocycles. The van der Waals surface area contributed by atoms with E-state index in [1.807, 2.05) is 54.8 Å². The first-order chi connectivity index (χ1) is 12.0. The highest BCUT2D eigenvalue weighted by molar-refractivity contribution is 7.98. The van der Waals surface area contributed by atoms with Crippen molar-refractivity contribution in [1.29, 1.82) is 0 Å². The first kappa shape index (κ1) is 19.2. The number of carbonyl (C=O) groups is 1. The molecule has 132 valence electrons. The van der Waals surface area contributed by atoms with Crippen LogP contribution < -0.4 is 10.0 Å². The summed E-state index contributed by atoms with van der Waals surface area (Å²) < 4.78 is 26.2. The van der Waals surface area contributed by atoms with Crippen molar-refractivity contribution in [2.75, 3.05) is 18.1 Å². The molecule has 0 fully saturated rings. The maximum absolute atomic E-state index is 11.9. The van der Waals surface area contributed by atoms with Gasteiger partial charge in [0.2, 0.25) is 15.9 Å². The van der Waals surface area contributed by atoms with E-state index >= 15 is 0 Å². The van der Waals surface area contributed by atoms with Crippen molar-refractivity contribution in [2.45, 2.75) is 11.3 Å². The van der Waals surface area contributed by atoms with Crippen LogP contribution in [-0.2, 0) is 14.8 Å². The van der Waals surface area contributed by atoms with Crippen LogP contribution in [0.4, 0.5) is 5.69 Å². The summed E-state index contributed by atoms with van der Waals surface area (Å²) >= 11 is 1.58. The number of carbonyl (C=O) groups excluding carboxylic acids is 1. The molecule has 0 bridgehead atoms. The SMILES string of the molecule is CSc1cccc(NC(=O)CCNS(=O)(=O)/C=C/c2ccccc2)c1. The Morgan fingerprint density at radius 3 is 2.60 bits per heavy atom. The molecule has 0 aliphatic rings. The molecule has 7 heteroatoms. The Morgan fingerprint density at radius 1 is 1.12 bits per heavy atom. The van der Waals surface area contributed by atoms with Crippen LogP contribution in [0.25, 0.3) is 6.08 Å². The van der Waals surface area contributed by atoms with E-state index in [0.29, 0.717) is 5.69 Å². The van der Waals surface area contributed by atoms with Crippen molar-refractivity contribution in [1.82, 2.24) is 4.72 Å². The maximum Gasteiger partial charge on any atom is 0.233 e. The van der Waals surface area contributed by atoms with Gasteiger partial charge in [-0.2, -0.15) is 0 Å². The second-order valence-corrected chi connectivity index (χ2v) is 7.71. The largest absolute Gasteiger partial charge is 0.326 e. The van der Waals surface area contributed by atoms with E-state index in [9.17, 15) is 13.2 Å². The minimum absolute atomic E-state index is 0.0372. The third kappa shape index (κ3) is 7.13. The summed E-state index contributed by atoms with van der Waals surface area (Å²) in [6.45, 7) is 0.0372. The van der Waals surface area contributed by atoms with E-state index < -0.39 is 10.0 Å². The van der Waals surface area contributed by atoms with Gasteiger partial charge < -0.3 is 5.32 Å². The molecule has 0 aromatic heterocycles. The molecule has 25 heavy (non-hydrogen) atoms. The first-order valence-corrected chi connectivity index (χ1v) is 10.4. The van der Waals surface area contributed by atoms with Crippen molar-refractivity contribution < 1.29 is 13.2 Å². The number of benzene rings is 2. The number of amides is 1. The fourth-order valence-corrected chi connectivity index (χ4v) is 3.29. The average molecular weight is 377 g/mol. The number of hydrogen-bond donors (Lipinski definition) is 2. The van der Waals surface area contributed by atoms with E-state index in [2.05, 4.69) is 10.0 Å². The molecule has 0 heterocycles. The van der Waals surface area contributed by atoms with E-state index in [1.54, 1.807) is 17.8 Å². The molecule has 0 saturated heterocycles. The number of anilines is 1. The van der Waals surface area contributed by atoms with Crippen LogP contribution in [0.3, 0.4) is 0 Å². The second-order valence-electron chi connectivity index (χ2n) is 5.18. The molecule has 0 radical (unpaired) electrons. The molecule has 2 aromatic rings. The summed E-state index contributed by atoms with van der Waals surface area (Å²) in [5.41, 5.74) is 1.49. The van der Waals surface area contributed by atoms with Crippen LogP contribution >= 0.6 is 11.8 Å². The van der Waals surface area contributed by atoms with Crippen molar-refractivity contribution in [3.8, 4) is 0 Å². The molecule has 0 spiro atoms. The van der Waals surface area contributed by atoms with Crippen molar-refractivity contribution in [3.63, 3.8) is 0 Å². The second kappa shape index (κ2) is 9.41. The average Bonchev–Trinajstić information content (AvgIpc) is 2.61. The summed E-state index contributed by atoms with van der Waals surface area (Å²) in [6.07, 6.45) is 3.52. The molecule has 1 amide bonds. The summed E-state index contributed by atoms with van der Waals surface area (Å²) in [5, 5.41) is 3.86. The molecule has 0 aliphatic heterocycles. The van der Waals surface area contributed by atoms with Crippen LogP contribution in [0.1, 0.15) is 12.0 Å². The minimum Gasteiger partial charge on any atom is -0.326 e. The lowest BCUT2D eigenvalue weighted by Gasteiger charge is -2.07. The molecule has 2 N–H and O–H groups in total. The Kier molecular flexibility index (Phi) is 7.24. The normalized spacial score (nSPS) is 11.6. The Balaban J connectivity index is 1.80. The highest BCUT2D eigenvalue weighted by Gasteiger charge is 2.07. The summed E-state index contributed by atoms with van der Waals surface area (Å²) in [7, 11) is -3.57. The molecule has 2 aromatic carbocycles. The predicted octanol–water partition coefficient (Wildman–Crippen LogP) is 3.33. The molecule has 0 atom stereocenters. The lowest BCUT2D eigenvalue weighted by molar-refractivity contribution is -0.116. The van der Waals surface area contributed by atoms with Crippen LogP contribution in [-0.4, -0.2) is 27.1 Å². The third-order valence-electron chi connectivity index (χ3n) is 3.25. The van der Waals surface area contributed by atoms with Crippen molar-refractivity contribution >= 4 is 39.5 Å². The molecule has 5 nitrogen and oxygen atoms in total. The maximum atomic E-state index is 11.9. The van der Waals surface area contributed by atoms with E-state index in [-0.39, 0.29) is 18.9 Å². The topological polar surface area (TPSA) is 75.3 Å². The minimum atomic E-state index is -3.57. The molecular formula is C18H20N2O3S2. The quantitative estimate of drug-likeness (QED) is 0.693. The van der Waals surface area contributed by atoms with Crippen LogP contribution in [0.5, 0.6) is 0 Å². The standard InChI is InChI=1S/C18H20N2O3S2/c1-24-17-9-5-8-16(14-17)20-18(21)10-12-19-25(22,23)13-11-15-6-3-2-4-7-15/h2-9,11,13-14,19H,10,12H2,1H3,(H,20,21)/b13-11+. The van der Waals surface area contributed by atoms with E-state index in [0.717, 1.165) is 15.9 Å². The fraction of sp³-hybridized carbons (Fsp3) is 0.167. The lowest BCUT2D eigenvalue weighted by atomic mass is 10.2. The van der Waals surface area contributed by atoms with Gasteiger partial charge in [-0.05, 0) is 36.1 Å². The van der Waals surface area contributed by atoms with Crippen LogP contribution in [0.2, 0.25) is 0 Å². The van der Waals surface area contributed by atoms with Gasteiger partial charge in [0.1, 0.15) is 0 Å². The number of rotatable bonds is 8. The van der Waals surface area contributed by atoms with Gasteiger partial charge in [0, 0.05) is 29.0 Å². The van der Waals surface area contributed by atoms with Gasteiger partial charge in [-0.3, -0.25) is 4.79 Å². The van der Waals surface area contributed by atoms with Crippen molar-refractivity contribution in [2.24, 2.45) is 0 Å². The Bertz CT molecular complexity index is 834. The summed E-state index contributed by atoms with van der Waals surface area (Å²) in [6, 6.07) is 16.6. The van der Waals surface area contributed by atoms with Gasteiger partial charge in [-0.1, -0.05) is 36.4 Å². The predicted molar refractivity (Wildman–Crippen MR) is 104 cm³/mol. The molecule has 2 rings (SSSR count). The monoisotopic (exact) mass is 376 g/mol. The van der Waals surface area contributed by atoms with E-state index in [4.69, 9.17) is 0 Å². The smallest absolute Gasteiger partial charge is 0.233 e. The highest BCUT2D eigenvalue weighted by Crippen LogP contribution is 2.18. The lowest BCUT2D eigenvalue weighted by Crippen LogP contribution is -2.26. The van der Waals surface area contributed by atoms with Crippen molar-refractivity contribution in [3.05, 3.63) is 65.6 Å². The van der Waals surface area contributed by atoms with Gasteiger partial charge in [0.15, 0.2) is 0 Å². The fourth-order valence-electron chi connectivity index (χ4n) is 2.01. The van der Waals surface area contributed by atoms with Crippen LogP contribution in [0, 0.1) is 0 Å². The zero-order chi connectivity index (χ0) is 18.1. The Morgan fingerprint density at radius 2 is 1.88 bits per heavy atom. The summed E-state index contributed by atoms with van der Waals surface area (Å²) in [4.78, 5) is 13.0. The molecular weight excluding hydrogens is 356 g/mol.